The molecule has 2 fully saturated rings. The Bertz CT molecular complexity index is 852. The highest BCUT2D eigenvalue weighted by Crippen LogP contribution is 2.31. The highest BCUT2D eigenvalue weighted by Gasteiger charge is 2.43. The lowest BCUT2D eigenvalue weighted by Crippen LogP contribution is -2.46. The van der Waals surface area contributed by atoms with Crippen molar-refractivity contribution < 1.29 is 9.21 Å². The summed E-state index contributed by atoms with van der Waals surface area (Å²) >= 11 is 0. The summed E-state index contributed by atoms with van der Waals surface area (Å²) in [4.78, 5) is 27.3. The van der Waals surface area contributed by atoms with Gasteiger partial charge in [-0.05, 0) is 38.8 Å². The third kappa shape index (κ3) is 2.75. The van der Waals surface area contributed by atoms with Crippen molar-refractivity contribution in [2.24, 2.45) is 5.92 Å². The van der Waals surface area contributed by atoms with Crippen LogP contribution in [-0.2, 0) is 0 Å². The third-order valence-corrected chi connectivity index (χ3v) is 5.57. The van der Waals surface area contributed by atoms with Crippen LogP contribution in [0.2, 0.25) is 0 Å². The lowest BCUT2D eigenvalue weighted by atomic mass is 9.87. The first-order valence-electron chi connectivity index (χ1n) is 8.91. The summed E-state index contributed by atoms with van der Waals surface area (Å²) in [5, 5.41) is 0.770. The van der Waals surface area contributed by atoms with Gasteiger partial charge in [-0.25, -0.2) is 4.79 Å². The molecule has 3 unspecified atom stereocenters. The number of amides is 1. The van der Waals surface area contributed by atoms with Crippen LogP contribution in [0.1, 0.15) is 37.0 Å². The number of benzene rings is 1. The molecule has 3 atom stereocenters. The van der Waals surface area contributed by atoms with Crippen LogP contribution >= 0.6 is 0 Å². The maximum absolute atomic E-state index is 13.1. The van der Waals surface area contributed by atoms with E-state index in [0.717, 1.165) is 18.2 Å². The van der Waals surface area contributed by atoms with Crippen molar-refractivity contribution in [3.8, 4) is 0 Å². The van der Waals surface area contributed by atoms with Gasteiger partial charge in [0.2, 0.25) is 0 Å². The first-order valence-corrected chi connectivity index (χ1v) is 8.91. The quantitative estimate of drug-likeness (QED) is 0.816. The monoisotopic (exact) mass is 341 g/mol. The van der Waals surface area contributed by atoms with Gasteiger partial charge >= 0.3 is 5.63 Å². The Hall–Kier alpha value is -2.18. The fraction of sp³-hybridized carbons (Fsp3) is 0.474. The van der Waals surface area contributed by atoms with E-state index < -0.39 is 5.63 Å². The predicted octanol–water partition coefficient (Wildman–Crippen LogP) is 1.90. The van der Waals surface area contributed by atoms with Crippen molar-refractivity contribution in [2.75, 3.05) is 6.54 Å². The summed E-state index contributed by atoms with van der Waals surface area (Å²) < 4.78 is 5.35. The van der Waals surface area contributed by atoms with Gasteiger partial charge in [-0.15, -0.1) is 0 Å². The van der Waals surface area contributed by atoms with Gasteiger partial charge in [0, 0.05) is 36.0 Å². The van der Waals surface area contributed by atoms with Crippen molar-refractivity contribution in [3.05, 3.63) is 46.3 Å². The average Bonchev–Trinajstić information content (AvgIpc) is 3.20. The second kappa shape index (κ2) is 6.28. The molecule has 0 saturated carbocycles. The van der Waals surface area contributed by atoms with Crippen LogP contribution in [0.25, 0.3) is 11.0 Å². The molecule has 1 aromatic heterocycles. The molecule has 0 spiro atoms. The Labute approximate surface area is 146 Å². The van der Waals surface area contributed by atoms with Crippen molar-refractivity contribution in [1.82, 2.24) is 15.8 Å². The van der Waals surface area contributed by atoms with E-state index in [1.807, 2.05) is 23.1 Å². The van der Waals surface area contributed by atoms with Crippen LogP contribution < -0.4 is 16.5 Å². The molecule has 2 aliphatic heterocycles. The minimum absolute atomic E-state index is 0.129. The van der Waals surface area contributed by atoms with Gasteiger partial charge in [0.05, 0.1) is 0 Å². The van der Waals surface area contributed by atoms with Crippen molar-refractivity contribution in [1.29, 1.82) is 0 Å². The topological polar surface area (TPSA) is 74.6 Å². The van der Waals surface area contributed by atoms with Crippen molar-refractivity contribution in [3.63, 3.8) is 0 Å². The number of carbonyl (C=O) groups is 1. The summed E-state index contributed by atoms with van der Waals surface area (Å²) in [5.74, 6) is 0.104. The highest BCUT2D eigenvalue weighted by atomic mass is 16.4. The number of hydrazine groups is 1. The fourth-order valence-corrected chi connectivity index (χ4v) is 4.37. The number of para-hydroxylation sites is 1. The van der Waals surface area contributed by atoms with Gasteiger partial charge in [0.1, 0.15) is 11.1 Å². The Morgan fingerprint density at radius 3 is 2.68 bits per heavy atom. The highest BCUT2D eigenvalue weighted by molar-refractivity contribution is 5.97. The lowest BCUT2D eigenvalue weighted by Gasteiger charge is -2.32. The van der Waals surface area contributed by atoms with Crippen LogP contribution in [0.5, 0.6) is 0 Å². The van der Waals surface area contributed by atoms with Gasteiger partial charge in [-0.3, -0.25) is 15.6 Å². The maximum Gasteiger partial charge on any atom is 0.349 e. The molecule has 0 aliphatic carbocycles. The standard InChI is InChI=1S/C19H23N3O3/c1-11-17(12(2)21-20-11)15-7-5-9-22(15)18(23)14-10-13-6-3-4-8-16(13)25-19(14)24/h3-4,6,8,10-12,15,17,20-21H,5,7,9H2,1-2H3. The first-order chi connectivity index (χ1) is 12.1. The Morgan fingerprint density at radius 1 is 1.20 bits per heavy atom. The van der Waals surface area contributed by atoms with Crippen LogP contribution in [-0.4, -0.2) is 35.5 Å². The van der Waals surface area contributed by atoms with Gasteiger partial charge in [-0.1, -0.05) is 18.2 Å². The van der Waals surface area contributed by atoms with E-state index in [0.29, 0.717) is 18.0 Å². The summed E-state index contributed by atoms with van der Waals surface area (Å²) in [6, 6.07) is 9.62. The van der Waals surface area contributed by atoms with Gasteiger partial charge < -0.3 is 9.32 Å². The van der Waals surface area contributed by atoms with Crippen LogP contribution in [0.4, 0.5) is 0 Å². The van der Waals surface area contributed by atoms with E-state index in [1.54, 1.807) is 12.1 Å². The summed E-state index contributed by atoms with van der Waals surface area (Å²) in [6.07, 6.45) is 1.93. The number of likely N-dealkylation sites (tertiary alicyclic amines) is 1. The van der Waals surface area contributed by atoms with E-state index in [9.17, 15) is 9.59 Å². The molecular formula is C19H23N3O3. The number of carbonyl (C=O) groups excluding carboxylic acids is 1. The summed E-state index contributed by atoms with van der Waals surface area (Å²) in [7, 11) is 0. The number of fused-ring (bicyclic) bond motifs is 1. The molecule has 6 nitrogen and oxygen atoms in total. The van der Waals surface area contributed by atoms with Crippen LogP contribution in [0.3, 0.4) is 0 Å². The number of rotatable bonds is 2. The van der Waals surface area contributed by atoms with Crippen LogP contribution in [0.15, 0.2) is 39.5 Å². The number of hydrogen-bond acceptors (Lipinski definition) is 5. The molecule has 132 valence electrons. The molecule has 2 saturated heterocycles. The smallest absolute Gasteiger partial charge is 0.349 e. The Balaban J connectivity index is 1.68. The molecule has 3 heterocycles. The van der Waals surface area contributed by atoms with E-state index in [4.69, 9.17) is 4.42 Å². The van der Waals surface area contributed by atoms with E-state index >= 15 is 0 Å². The number of hydrogen-bond donors (Lipinski definition) is 2. The molecule has 1 amide bonds. The second-order valence-electron chi connectivity index (χ2n) is 7.14. The summed E-state index contributed by atoms with van der Waals surface area (Å²) in [5.41, 5.74) is 6.61. The Morgan fingerprint density at radius 2 is 1.92 bits per heavy atom. The van der Waals surface area contributed by atoms with E-state index in [1.165, 1.54) is 0 Å². The Kier molecular flexibility index (Phi) is 4.09. The molecule has 6 heteroatoms. The molecule has 0 bridgehead atoms. The van der Waals surface area contributed by atoms with Gasteiger partial charge in [0.25, 0.3) is 5.91 Å². The SMILES string of the molecule is CC1NNC(C)C1C1CCCN1C(=O)c1cc2ccccc2oc1=O. The van der Waals surface area contributed by atoms with Gasteiger partial charge in [-0.2, -0.15) is 0 Å². The first kappa shape index (κ1) is 16.3. The fourth-order valence-electron chi connectivity index (χ4n) is 4.37. The number of nitrogens with one attached hydrogen (secondary N) is 2. The largest absolute Gasteiger partial charge is 0.422 e. The van der Waals surface area contributed by atoms with E-state index in [2.05, 4.69) is 24.7 Å². The molecule has 2 N–H and O–H groups in total. The molecule has 2 aromatic rings. The molecule has 1 aromatic carbocycles. The minimum Gasteiger partial charge on any atom is -0.422 e. The van der Waals surface area contributed by atoms with E-state index in [-0.39, 0.29) is 29.6 Å². The zero-order chi connectivity index (χ0) is 17.6. The number of nitrogens with zero attached hydrogens (tertiary/aromatic N) is 1. The van der Waals surface area contributed by atoms with Crippen molar-refractivity contribution in [2.45, 2.75) is 44.8 Å². The molecule has 0 radical (unpaired) electrons. The van der Waals surface area contributed by atoms with Crippen molar-refractivity contribution >= 4 is 16.9 Å². The predicted molar refractivity (Wildman–Crippen MR) is 95.2 cm³/mol. The lowest BCUT2D eigenvalue weighted by molar-refractivity contribution is 0.0670. The van der Waals surface area contributed by atoms with Gasteiger partial charge in [0.15, 0.2) is 0 Å². The molecule has 2 aliphatic rings. The maximum atomic E-state index is 13.1. The third-order valence-electron chi connectivity index (χ3n) is 5.57. The second-order valence-corrected chi connectivity index (χ2v) is 7.14. The average molecular weight is 341 g/mol. The zero-order valence-corrected chi connectivity index (χ0v) is 14.5. The molecule has 4 rings (SSSR count). The van der Waals surface area contributed by atoms with Crippen LogP contribution in [0, 0.1) is 5.92 Å². The minimum atomic E-state index is -0.557. The normalized spacial score (nSPS) is 29.4. The summed E-state index contributed by atoms with van der Waals surface area (Å²) in [6.45, 7) is 4.95. The zero-order valence-electron chi connectivity index (χ0n) is 14.5. The molecular weight excluding hydrogens is 318 g/mol. The molecule has 25 heavy (non-hydrogen) atoms.